The lowest BCUT2D eigenvalue weighted by Gasteiger charge is -2.25. The molecule has 2 rings (SSSR count). The van der Waals surface area contributed by atoms with E-state index in [9.17, 15) is 0 Å². The fourth-order valence-corrected chi connectivity index (χ4v) is 2.47. The van der Waals surface area contributed by atoms with Crippen molar-refractivity contribution in [1.82, 2.24) is 10.2 Å². The Hall–Kier alpha value is 0.500. The van der Waals surface area contributed by atoms with Crippen LogP contribution >= 0.6 is 24.8 Å². The lowest BCUT2D eigenvalue weighted by molar-refractivity contribution is 0.240. The molecule has 4 heteroatoms. The van der Waals surface area contributed by atoms with Crippen LogP contribution in [0.15, 0.2) is 0 Å². The van der Waals surface area contributed by atoms with E-state index in [0.29, 0.717) is 0 Å². The van der Waals surface area contributed by atoms with Crippen molar-refractivity contribution < 1.29 is 0 Å². The lowest BCUT2D eigenvalue weighted by atomic mass is 10.1. The highest BCUT2D eigenvalue weighted by atomic mass is 35.5. The van der Waals surface area contributed by atoms with Crippen LogP contribution in [0.1, 0.15) is 25.7 Å². The molecule has 2 fully saturated rings. The number of hydrogen-bond donors (Lipinski definition) is 1. The van der Waals surface area contributed by atoms with E-state index >= 15 is 0 Å². The van der Waals surface area contributed by atoms with Crippen molar-refractivity contribution in [3.8, 4) is 0 Å². The Bertz CT molecular complexity index is 144. The molecule has 2 saturated heterocycles. The molecule has 0 aromatic heterocycles. The fraction of sp³-hybridized carbons (Fsp3) is 1.00. The van der Waals surface area contributed by atoms with Gasteiger partial charge in [-0.1, -0.05) is 6.42 Å². The van der Waals surface area contributed by atoms with Crippen LogP contribution in [0.25, 0.3) is 0 Å². The fourth-order valence-electron chi connectivity index (χ4n) is 2.47. The minimum atomic E-state index is 0. The van der Waals surface area contributed by atoms with Gasteiger partial charge in [0.15, 0.2) is 0 Å². The quantitative estimate of drug-likeness (QED) is 0.677. The summed E-state index contributed by atoms with van der Waals surface area (Å²) in [5.74, 6) is 0. The molecule has 1 N–H and O–H groups in total. The number of hydrogen-bond acceptors (Lipinski definition) is 2. The molecule has 0 saturated carbocycles. The molecule has 0 amide bonds. The molecule has 0 bridgehead atoms. The Balaban J connectivity index is 0.000000720. The molecule has 13 heavy (non-hydrogen) atoms. The van der Waals surface area contributed by atoms with Gasteiger partial charge >= 0.3 is 0 Å². The standard InChI is InChI=1S/C9H18N2.2ClH/c1-11-7-3-2-4-8-9(11)5-6-10-8;;/h8-10H,2-7H2,1H3;2*1H/t8-,9-;;/m1../s1. The summed E-state index contributed by atoms with van der Waals surface area (Å²) < 4.78 is 0. The normalized spacial score (nSPS) is 33.9. The average Bonchev–Trinajstić information content (AvgIpc) is 2.40. The highest BCUT2D eigenvalue weighted by Crippen LogP contribution is 2.21. The van der Waals surface area contributed by atoms with Crippen LogP contribution in [0.5, 0.6) is 0 Å². The highest BCUT2D eigenvalue weighted by Gasteiger charge is 2.30. The summed E-state index contributed by atoms with van der Waals surface area (Å²) in [5, 5.41) is 3.59. The Morgan fingerprint density at radius 1 is 1.15 bits per heavy atom. The number of fused-ring (bicyclic) bond motifs is 1. The molecular weight excluding hydrogens is 207 g/mol. The summed E-state index contributed by atoms with van der Waals surface area (Å²) in [6.07, 6.45) is 5.57. The molecule has 2 nitrogen and oxygen atoms in total. The van der Waals surface area contributed by atoms with E-state index in [1.165, 1.54) is 38.8 Å². The Kier molecular flexibility index (Phi) is 6.31. The van der Waals surface area contributed by atoms with Crippen LogP contribution in [-0.2, 0) is 0 Å². The molecule has 0 aliphatic carbocycles. The molecule has 2 atom stereocenters. The third-order valence-electron chi connectivity index (χ3n) is 3.15. The Morgan fingerprint density at radius 2 is 1.92 bits per heavy atom. The monoisotopic (exact) mass is 226 g/mol. The molecular formula is C9H20Cl2N2. The Morgan fingerprint density at radius 3 is 2.69 bits per heavy atom. The van der Waals surface area contributed by atoms with E-state index in [2.05, 4.69) is 17.3 Å². The molecule has 2 aliphatic rings. The number of likely N-dealkylation sites (N-methyl/N-ethyl adjacent to an activating group) is 1. The molecule has 0 unspecified atom stereocenters. The molecule has 2 aliphatic heterocycles. The van der Waals surface area contributed by atoms with E-state index in [1.807, 2.05) is 0 Å². The third-order valence-corrected chi connectivity index (χ3v) is 3.15. The van der Waals surface area contributed by atoms with Crippen LogP contribution in [0.2, 0.25) is 0 Å². The summed E-state index contributed by atoms with van der Waals surface area (Å²) in [4.78, 5) is 2.54. The second-order valence-corrected chi connectivity index (χ2v) is 3.89. The number of nitrogens with zero attached hydrogens (tertiary/aromatic N) is 1. The van der Waals surface area contributed by atoms with Crippen molar-refractivity contribution in [3.05, 3.63) is 0 Å². The van der Waals surface area contributed by atoms with Gasteiger partial charge in [-0.2, -0.15) is 0 Å². The second-order valence-electron chi connectivity index (χ2n) is 3.89. The molecule has 0 aromatic carbocycles. The first-order valence-corrected chi connectivity index (χ1v) is 4.81. The van der Waals surface area contributed by atoms with E-state index < -0.39 is 0 Å². The van der Waals surface area contributed by atoms with Gasteiger partial charge in [-0.05, 0) is 39.4 Å². The zero-order valence-corrected chi connectivity index (χ0v) is 9.79. The first-order chi connectivity index (χ1) is 5.38. The summed E-state index contributed by atoms with van der Waals surface area (Å²) in [5.41, 5.74) is 0. The largest absolute Gasteiger partial charge is 0.312 e. The average molecular weight is 227 g/mol. The SMILES string of the molecule is CN1CCCC[C@H]2NCC[C@H]21.Cl.Cl. The predicted molar refractivity (Wildman–Crippen MR) is 61.2 cm³/mol. The lowest BCUT2D eigenvalue weighted by Crippen LogP contribution is -2.39. The molecule has 0 spiro atoms. The smallest absolute Gasteiger partial charge is 0.0258 e. The van der Waals surface area contributed by atoms with Crippen LogP contribution in [0.3, 0.4) is 0 Å². The van der Waals surface area contributed by atoms with E-state index in [-0.39, 0.29) is 24.8 Å². The maximum absolute atomic E-state index is 3.59. The van der Waals surface area contributed by atoms with Gasteiger partial charge in [0.2, 0.25) is 0 Å². The topological polar surface area (TPSA) is 15.3 Å². The van der Waals surface area contributed by atoms with Crippen molar-refractivity contribution in [3.63, 3.8) is 0 Å². The number of nitrogens with one attached hydrogen (secondary N) is 1. The van der Waals surface area contributed by atoms with Crippen molar-refractivity contribution >= 4 is 24.8 Å². The molecule has 0 radical (unpaired) electrons. The van der Waals surface area contributed by atoms with E-state index in [1.54, 1.807) is 0 Å². The van der Waals surface area contributed by atoms with Gasteiger partial charge in [-0.3, -0.25) is 0 Å². The zero-order chi connectivity index (χ0) is 7.68. The maximum Gasteiger partial charge on any atom is 0.0258 e. The van der Waals surface area contributed by atoms with E-state index in [4.69, 9.17) is 0 Å². The van der Waals surface area contributed by atoms with Crippen LogP contribution in [0.4, 0.5) is 0 Å². The van der Waals surface area contributed by atoms with Crippen molar-refractivity contribution in [2.75, 3.05) is 20.1 Å². The van der Waals surface area contributed by atoms with E-state index in [0.717, 1.165) is 12.1 Å². The van der Waals surface area contributed by atoms with Gasteiger partial charge in [-0.15, -0.1) is 24.8 Å². The first kappa shape index (κ1) is 13.5. The minimum Gasteiger partial charge on any atom is -0.312 e. The van der Waals surface area contributed by atoms with Crippen molar-refractivity contribution in [2.24, 2.45) is 0 Å². The first-order valence-electron chi connectivity index (χ1n) is 4.81. The van der Waals surface area contributed by atoms with Gasteiger partial charge in [0, 0.05) is 12.1 Å². The van der Waals surface area contributed by atoms with Gasteiger partial charge in [0.25, 0.3) is 0 Å². The van der Waals surface area contributed by atoms with Gasteiger partial charge in [0.1, 0.15) is 0 Å². The van der Waals surface area contributed by atoms with Gasteiger partial charge < -0.3 is 10.2 Å². The molecule has 0 aromatic rings. The maximum atomic E-state index is 3.59. The number of halogens is 2. The summed E-state index contributed by atoms with van der Waals surface area (Å²) in [6.45, 7) is 2.54. The summed E-state index contributed by atoms with van der Waals surface area (Å²) in [7, 11) is 2.27. The van der Waals surface area contributed by atoms with Crippen molar-refractivity contribution in [1.29, 1.82) is 0 Å². The molecule has 80 valence electrons. The zero-order valence-electron chi connectivity index (χ0n) is 8.16. The Labute approximate surface area is 93.3 Å². The van der Waals surface area contributed by atoms with Crippen LogP contribution in [0, 0.1) is 0 Å². The predicted octanol–water partition coefficient (Wildman–Crippen LogP) is 1.68. The van der Waals surface area contributed by atoms with Crippen LogP contribution in [-0.4, -0.2) is 37.1 Å². The van der Waals surface area contributed by atoms with Gasteiger partial charge in [0.05, 0.1) is 0 Å². The highest BCUT2D eigenvalue weighted by molar-refractivity contribution is 5.85. The number of likely N-dealkylation sites (tertiary alicyclic amines) is 1. The summed E-state index contributed by atoms with van der Waals surface area (Å²) in [6, 6.07) is 1.65. The third kappa shape index (κ3) is 2.98. The van der Waals surface area contributed by atoms with Crippen molar-refractivity contribution in [2.45, 2.75) is 37.8 Å². The van der Waals surface area contributed by atoms with Gasteiger partial charge in [-0.25, -0.2) is 0 Å². The molecule has 2 heterocycles. The number of rotatable bonds is 0. The van der Waals surface area contributed by atoms with Crippen LogP contribution < -0.4 is 5.32 Å². The second kappa shape index (κ2) is 6.07. The summed E-state index contributed by atoms with van der Waals surface area (Å²) >= 11 is 0. The minimum absolute atomic E-state index is 0.